The van der Waals surface area contributed by atoms with Crippen LogP contribution < -0.4 is 0 Å². The summed E-state index contributed by atoms with van der Waals surface area (Å²) in [4.78, 5) is 29.8. The molecule has 0 spiro atoms. The number of carbonyl (C=O) groups is 2. The van der Waals surface area contributed by atoms with Gasteiger partial charge in [-0.2, -0.15) is 0 Å². The fourth-order valence-electron chi connectivity index (χ4n) is 4.37. The molecule has 2 fully saturated rings. The SMILES string of the molecule is Cc1cc2occ(CC(=O)N3CCCCC3C(=O)N3CCCC3)c2cc1C. The van der Waals surface area contributed by atoms with E-state index >= 15 is 0 Å². The van der Waals surface area contributed by atoms with Gasteiger partial charge in [0, 0.05) is 30.6 Å². The first kappa shape index (κ1) is 18.1. The lowest BCUT2D eigenvalue weighted by Crippen LogP contribution is -2.52. The van der Waals surface area contributed by atoms with Crippen LogP contribution in [0.2, 0.25) is 0 Å². The van der Waals surface area contributed by atoms with E-state index in [9.17, 15) is 9.59 Å². The summed E-state index contributed by atoms with van der Waals surface area (Å²) in [5.74, 6) is 0.178. The van der Waals surface area contributed by atoms with Crippen LogP contribution in [-0.4, -0.2) is 47.3 Å². The zero-order chi connectivity index (χ0) is 19.0. The summed E-state index contributed by atoms with van der Waals surface area (Å²) in [7, 11) is 0. The van der Waals surface area contributed by atoms with Gasteiger partial charge in [0.25, 0.3) is 0 Å². The van der Waals surface area contributed by atoms with Crippen molar-refractivity contribution >= 4 is 22.8 Å². The van der Waals surface area contributed by atoms with Crippen LogP contribution in [0.4, 0.5) is 0 Å². The van der Waals surface area contributed by atoms with Crippen molar-refractivity contribution in [3.8, 4) is 0 Å². The summed E-state index contributed by atoms with van der Waals surface area (Å²) in [5, 5.41) is 1.01. The first-order chi connectivity index (χ1) is 13.0. The second-order valence-electron chi connectivity index (χ2n) is 8.00. The number of furan rings is 1. The van der Waals surface area contributed by atoms with Gasteiger partial charge in [0.15, 0.2) is 0 Å². The second-order valence-corrected chi connectivity index (χ2v) is 8.00. The molecule has 1 unspecified atom stereocenters. The number of amides is 2. The van der Waals surface area contributed by atoms with Crippen molar-refractivity contribution in [1.82, 2.24) is 9.80 Å². The number of fused-ring (bicyclic) bond motifs is 1. The number of hydrogen-bond donors (Lipinski definition) is 0. The third-order valence-corrected chi connectivity index (χ3v) is 6.14. The Balaban J connectivity index is 1.54. The van der Waals surface area contributed by atoms with E-state index in [0.717, 1.165) is 61.7 Å². The number of benzene rings is 1. The smallest absolute Gasteiger partial charge is 0.245 e. The molecular formula is C22H28N2O3. The normalized spacial score (nSPS) is 20.4. The third kappa shape index (κ3) is 3.47. The summed E-state index contributed by atoms with van der Waals surface area (Å²) >= 11 is 0. The summed E-state index contributed by atoms with van der Waals surface area (Å²) in [6.45, 7) is 6.48. The number of hydrogen-bond acceptors (Lipinski definition) is 3. The molecule has 2 saturated heterocycles. The molecular weight excluding hydrogens is 340 g/mol. The Bertz CT molecular complexity index is 864. The lowest BCUT2D eigenvalue weighted by atomic mass is 9.99. The Kier molecular flexibility index (Phi) is 4.94. The van der Waals surface area contributed by atoms with Crippen molar-refractivity contribution in [1.29, 1.82) is 0 Å². The highest BCUT2D eigenvalue weighted by atomic mass is 16.3. The lowest BCUT2D eigenvalue weighted by molar-refractivity contribution is -0.146. The fraction of sp³-hybridized carbons (Fsp3) is 0.545. The molecule has 0 N–H and O–H groups in total. The first-order valence-electron chi connectivity index (χ1n) is 10.1. The topological polar surface area (TPSA) is 53.8 Å². The van der Waals surface area contributed by atoms with Gasteiger partial charge in [-0.1, -0.05) is 0 Å². The maximum Gasteiger partial charge on any atom is 0.245 e. The molecule has 1 atom stereocenters. The molecule has 2 aromatic rings. The summed E-state index contributed by atoms with van der Waals surface area (Å²) < 4.78 is 5.68. The van der Waals surface area contributed by atoms with Gasteiger partial charge in [-0.25, -0.2) is 0 Å². The van der Waals surface area contributed by atoms with Crippen molar-refractivity contribution in [2.24, 2.45) is 0 Å². The van der Waals surface area contributed by atoms with Crippen LogP contribution in [0.3, 0.4) is 0 Å². The summed E-state index contributed by atoms with van der Waals surface area (Å²) in [5.41, 5.74) is 4.11. The minimum atomic E-state index is -0.286. The van der Waals surface area contributed by atoms with E-state index in [0.29, 0.717) is 13.0 Å². The Morgan fingerprint density at radius 2 is 1.74 bits per heavy atom. The van der Waals surface area contributed by atoms with Crippen molar-refractivity contribution in [3.05, 3.63) is 35.1 Å². The summed E-state index contributed by atoms with van der Waals surface area (Å²) in [6.07, 6.45) is 6.91. The molecule has 144 valence electrons. The van der Waals surface area contributed by atoms with Crippen molar-refractivity contribution < 1.29 is 14.0 Å². The molecule has 0 bridgehead atoms. The largest absolute Gasteiger partial charge is 0.464 e. The van der Waals surface area contributed by atoms with E-state index in [1.807, 2.05) is 15.9 Å². The number of nitrogens with zero attached hydrogens (tertiary/aromatic N) is 2. The van der Waals surface area contributed by atoms with Crippen LogP contribution in [0.25, 0.3) is 11.0 Å². The van der Waals surface area contributed by atoms with Crippen LogP contribution in [-0.2, 0) is 16.0 Å². The number of piperidine rings is 1. The average molecular weight is 368 g/mol. The highest BCUT2D eigenvalue weighted by Gasteiger charge is 2.35. The van der Waals surface area contributed by atoms with Gasteiger partial charge in [-0.15, -0.1) is 0 Å². The van der Waals surface area contributed by atoms with E-state index < -0.39 is 0 Å². The molecule has 0 radical (unpaired) electrons. The van der Waals surface area contributed by atoms with Crippen LogP contribution in [0.1, 0.15) is 48.8 Å². The van der Waals surface area contributed by atoms with Gasteiger partial charge in [0.05, 0.1) is 12.7 Å². The molecule has 2 amide bonds. The van der Waals surface area contributed by atoms with Crippen molar-refractivity contribution in [2.45, 2.75) is 58.4 Å². The van der Waals surface area contributed by atoms with E-state index in [4.69, 9.17) is 4.42 Å². The van der Waals surface area contributed by atoms with Crippen LogP contribution in [0.15, 0.2) is 22.8 Å². The lowest BCUT2D eigenvalue weighted by Gasteiger charge is -2.36. The minimum absolute atomic E-state index is 0.0353. The maximum absolute atomic E-state index is 13.1. The molecule has 2 aliphatic rings. The van der Waals surface area contributed by atoms with Crippen molar-refractivity contribution in [3.63, 3.8) is 0 Å². The average Bonchev–Trinajstić information content (AvgIpc) is 3.33. The molecule has 0 aliphatic carbocycles. The Labute approximate surface area is 160 Å². The Morgan fingerprint density at radius 3 is 2.52 bits per heavy atom. The number of aryl methyl sites for hydroxylation is 2. The number of rotatable bonds is 3. The van der Waals surface area contributed by atoms with Gasteiger partial charge in [-0.05, 0) is 69.2 Å². The van der Waals surface area contributed by atoms with Gasteiger partial charge < -0.3 is 14.2 Å². The molecule has 5 heteroatoms. The predicted molar refractivity (Wildman–Crippen MR) is 105 cm³/mol. The van der Waals surface area contributed by atoms with Gasteiger partial charge in [0.1, 0.15) is 11.6 Å². The molecule has 5 nitrogen and oxygen atoms in total. The highest BCUT2D eigenvalue weighted by Crippen LogP contribution is 2.27. The van der Waals surface area contributed by atoms with Crippen LogP contribution in [0.5, 0.6) is 0 Å². The number of carbonyl (C=O) groups excluding carboxylic acids is 2. The number of likely N-dealkylation sites (tertiary alicyclic amines) is 2. The monoisotopic (exact) mass is 368 g/mol. The molecule has 2 aliphatic heterocycles. The highest BCUT2D eigenvalue weighted by molar-refractivity contribution is 5.92. The molecule has 0 saturated carbocycles. The first-order valence-corrected chi connectivity index (χ1v) is 10.1. The predicted octanol–water partition coefficient (Wildman–Crippen LogP) is 3.60. The minimum Gasteiger partial charge on any atom is -0.464 e. The Morgan fingerprint density at radius 1 is 1.04 bits per heavy atom. The molecule has 1 aromatic heterocycles. The van der Waals surface area contributed by atoms with Crippen LogP contribution >= 0.6 is 0 Å². The molecule has 27 heavy (non-hydrogen) atoms. The molecule has 3 heterocycles. The van der Waals surface area contributed by atoms with Crippen LogP contribution in [0, 0.1) is 13.8 Å². The van der Waals surface area contributed by atoms with Gasteiger partial charge >= 0.3 is 0 Å². The van der Waals surface area contributed by atoms with E-state index in [2.05, 4.69) is 19.9 Å². The Hall–Kier alpha value is -2.30. The quantitative estimate of drug-likeness (QED) is 0.832. The standard InChI is InChI=1S/C22H28N2O3/c1-15-11-18-17(14-27-20(18)12-16(15)2)13-21(25)24-10-4-3-7-19(24)22(26)23-8-5-6-9-23/h11-12,14,19H,3-10,13H2,1-2H3. The maximum atomic E-state index is 13.1. The van der Waals surface area contributed by atoms with E-state index in [-0.39, 0.29) is 17.9 Å². The van der Waals surface area contributed by atoms with Gasteiger partial charge in [0.2, 0.25) is 11.8 Å². The van der Waals surface area contributed by atoms with E-state index in [1.54, 1.807) is 6.26 Å². The summed E-state index contributed by atoms with van der Waals surface area (Å²) in [6, 6.07) is 3.84. The molecule has 1 aromatic carbocycles. The fourth-order valence-corrected chi connectivity index (χ4v) is 4.37. The van der Waals surface area contributed by atoms with E-state index in [1.165, 1.54) is 11.1 Å². The molecule has 4 rings (SSSR count). The zero-order valence-electron chi connectivity index (χ0n) is 16.3. The third-order valence-electron chi connectivity index (χ3n) is 6.14. The second kappa shape index (κ2) is 7.37. The van der Waals surface area contributed by atoms with Crippen molar-refractivity contribution in [2.75, 3.05) is 19.6 Å². The van der Waals surface area contributed by atoms with Gasteiger partial charge in [-0.3, -0.25) is 9.59 Å². The zero-order valence-corrected chi connectivity index (χ0v) is 16.3.